The van der Waals surface area contributed by atoms with E-state index in [1.807, 2.05) is 20.8 Å². The van der Waals surface area contributed by atoms with E-state index in [9.17, 15) is 24.5 Å². The minimum Gasteiger partial charge on any atom is -0.495 e. The van der Waals surface area contributed by atoms with Gasteiger partial charge in [0.05, 0.1) is 17.7 Å². The molecule has 2 aromatic heterocycles. The third-order valence-corrected chi connectivity index (χ3v) is 5.49. The zero-order chi connectivity index (χ0) is 25.7. The number of hydrogen-bond acceptors (Lipinski definition) is 7. The summed E-state index contributed by atoms with van der Waals surface area (Å²) < 4.78 is 8.42. The number of anilines is 1. The quantitative estimate of drug-likeness (QED) is 0.312. The summed E-state index contributed by atoms with van der Waals surface area (Å²) in [6, 6.07) is 3.94. The molecule has 0 aliphatic carbocycles. The lowest BCUT2D eigenvalue weighted by atomic mass is 10.2. The maximum absolute atomic E-state index is 12.7. The second kappa shape index (κ2) is 11.0. The van der Waals surface area contributed by atoms with Crippen LogP contribution in [0.2, 0.25) is 0 Å². The Morgan fingerprint density at radius 3 is 2.66 bits per heavy atom. The van der Waals surface area contributed by atoms with Crippen LogP contribution in [0.25, 0.3) is 11.2 Å². The van der Waals surface area contributed by atoms with Gasteiger partial charge in [-0.05, 0) is 18.4 Å². The van der Waals surface area contributed by atoms with E-state index in [-0.39, 0.29) is 30.1 Å². The summed E-state index contributed by atoms with van der Waals surface area (Å²) in [4.78, 5) is 55.4. The number of nitrogens with zero attached hydrogens (tertiary/aromatic N) is 4. The van der Waals surface area contributed by atoms with Crippen molar-refractivity contribution in [2.75, 3.05) is 12.4 Å². The lowest BCUT2D eigenvalue weighted by Crippen LogP contribution is -2.31. The fourth-order valence-electron chi connectivity index (χ4n) is 3.84. The first kappa shape index (κ1) is 25.7. The number of unbranched alkanes of at least 4 members (excludes halogenated alkanes) is 1. The number of fused-ring (bicyclic) bond motifs is 1. The molecule has 0 aliphatic heterocycles. The van der Waals surface area contributed by atoms with Crippen LogP contribution in [0.5, 0.6) is 5.75 Å². The highest BCUT2D eigenvalue weighted by Gasteiger charge is 2.20. The number of nitro groups is 1. The molecule has 35 heavy (non-hydrogen) atoms. The molecule has 0 radical (unpaired) electrons. The summed E-state index contributed by atoms with van der Waals surface area (Å²) in [5.41, 5.74) is -0.389. The van der Waals surface area contributed by atoms with Gasteiger partial charge in [0.25, 0.3) is 11.2 Å². The SMILES string of the molecule is CCCCn1c(=O)[nH]c(=O)c2c1nc(CCC(=O)Nc1cc([N+](=O)[O-])ccc1OC)n2CC(C)C. The Morgan fingerprint density at radius 1 is 1.29 bits per heavy atom. The van der Waals surface area contributed by atoms with Gasteiger partial charge in [-0.2, -0.15) is 0 Å². The summed E-state index contributed by atoms with van der Waals surface area (Å²) >= 11 is 0. The number of H-pyrrole nitrogens is 1. The molecule has 3 aromatic rings. The van der Waals surface area contributed by atoms with Crippen molar-refractivity contribution in [3.8, 4) is 5.75 Å². The van der Waals surface area contributed by atoms with E-state index in [2.05, 4.69) is 15.3 Å². The number of aromatic nitrogens is 4. The van der Waals surface area contributed by atoms with Crippen LogP contribution in [-0.2, 0) is 24.3 Å². The van der Waals surface area contributed by atoms with E-state index in [0.29, 0.717) is 35.8 Å². The van der Waals surface area contributed by atoms with E-state index in [0.717, 1.165) is 12.8 Å². The highest BCUT2D eigenvalue weighted by molar-refractivity contribution is 5.92. The van der Waals surface area contributed by atoms with Crippen LogP contribution < -0.4 is 21.3 Å². The number of amides is 1. The van der Waals surface area contributed by atoms with E-state index in [1.54, 1.807) is 4.57 Å². The molecule has 0 spiro atoms. The lowest BCUT2D eigenvalue weighted by molar-refractivity contribution is -0.384. The Kier molecular flexibility index (Phi) is 8.05. The first-order valence-electron chi connectivity index (χ1n) is 11.5. The van der Waals surface area contributed by atoms with Crippen molar-refractivity contribution in [1.29, 1.82) is 0 Å². The molecule has 2 N–H and O–H groups in total. The van der Waals surface area contributed by atoms with E-state index >= 15 is 0 Å². The number of benzene rings is 1. The van der Waals surface area contributed by atoms with Crippen LogP contribution in [0.1, 0.15) is 45.9 Å². The number of carbonyl (C=O) groups is 1. The van der Waals surface area contributed by atoms with Crippen molar-refractivity contribution in [1.82, 2.24) is 19.1 Å². The number of aryl methyl sites for hydroxylation is 2. The van der Waals surface area contributed by atoms with Gasteiger partial charge in [0.1, 0.15) is 11.6 Å². The first-order chi connectivity index (χ1) is 16.7. The Balaban J connectivity index is 1.92. The zero-order valence-corrected chi connectivity index (χ0v) is 20.3. The maximum atomic E-state index is 12.7. The van der Waals surface area contributed by atoms with Gasteiger partial charge in [-0.15, -0.1) is 0 Å². The number of ether oxygens (including phenoxy) is 1. The monoisotopic (exact) mass is 486 g/mol. The van der Waals surface area contributed by atoms with Crippen molar-refractivity contribution in [3.63, 3.8) is 0 Å². The molecule has 12 nitrogen and oxygen atoms in total. The summed E-state index contributed by atoms with van der Waals surface area (Å²) in [5, 5.41) is 13.7. The number of nitrogens with one attached hydrogen (secondary N) is 2. The molecule has 0 saturated carbocycles. The molecule has 2 heterocycles. The van der Waals surface area contributed by atoms with Gasteiger partial charge in [0.2, 0.25) is 5.91 Å². The largest absolute Gasteiger partial charge is 0.495 e. The normalized spacial score (nSPS) is 11.2. The molecule has 0 saturated heterocycles. The van der Waals surface area contributed by atoms with Crippen molar-refractivity contribution >= 4 is 28.4 Å². The zero-order valence-electron chi connectivity index (χ0n) is 20.3. The van der Waals surface area contributed by atoms with Crippen LogP contribution >= 0.6 is 0 Å². The van der Waals surface area contributed by atoms with Gasteiger partial charge in [-0.25, -0.2) is 9.78 Å². The standard InChI is InChI=1S/C23H30N6O6/c1-5-6-11-27-21-20(22(31)26-23(27)32)28(13-14(2)3)18(25-21)9-10-19(30)24-16-12-15(29(33)34)7-8-17(16)35-4/h7-8,12,14H,5-6,9-11,13H2,1-4H3,(H,24,30)(H,26,31,32). The Labute approximate surface area is 201 Å². The summed E-state index contributed by atoms with van der Waals surface area (Å²) in [7, 11) is 1.40. The van der Waals surface area contributed by atoms with Crippen LogP contribution in [0, 0.1) is 16.0 Å². The Morgan fingerprint density at radius 2 is 2.03 bits per heavy atom. The number of carbonyl (C=O) groups excluding carboxylic acids is 1. The third kappa shape index (κ3) is 5.76. The van der Waals surface area contributed by atoms with E-state index in [1.165, 1.54) is 29.9 Å². The molecular formula is C23H30N6O6. The molecule has 0 fully saturated rings. The molecule has 0 aliphatic rings. The van der Waals surface area contributed by atoms with Crippen molar-refractivity contribution < 1.29 is 14.5 Å². The van der Waals surface area contributed by atoms with Crippen molar-refractivity contribution in [2.45, 2.75) is 59.5 Å². The van der Waals surface area contributed by atoms with E-state index in [4.69, 9.17) is 4.74 Å². The Hall–Kier alpha value is -3.96. The van der Waals surface area contributed by atoms with Gasteiger partial charge in [-0.3, -0.25) is 29.3 Å². The number of imidazole rings is 1. The number of nitro benzene ring substituents is 1. The lowest BCUT2D eigenvalue weighted by Gasteiger charge is -2.12. The second-order valence-corrected chi connectivity index (χ2v) is 8.66. The van der Waals surface area contributed by atoms with Crippen LogP contribution in [-0.4, -0.2) is 37.0 Å². The highest BCUT2D eigenvalue weighted by Crippen LogP contribution is 2.29. The minimum atomic E-state index is -0.557. The molecule has 12 heteroatoms. The summed E-state index contributed by atoms with van der Waals surface area (Å²) in [5.74, 6) is 0.590. The van der Waals surface area contributed by atoms with Crippen LogP contribution in [0.4, 0.5) is 11.4 Å². The third-order valence-electron chi connectivity index (χ3n) is 5.49. The van der Waals surface area contributed by atoms with Crippen molar-refractivity contribution in [3.05, 3.63) is 55.0 Å². The molecule has 1 aromatic carbocycles. The number of non-ortho nitro benzene ring substituents is 1. The van der Waals surface area contributed by atoms with E-state index < -0.39 is 22.1 Å². The molecule has 0 atom stereocenters. The van der Waals surface area contributed by atoms with Crippen LogP contribution in [0.3, 0.4) is 0 Å². The second-order valence-electron chi connectivity index (χ2n) is 8.66. The molecule has 1 amide bonds. The fourth-order valence-corrected chi connectivity index (χ4v) is 3.84. The molecule has 188 valence electrons. The topological polar surface area (TPSA) is 154 Å². The predicted octanol–water partition coefficient (Wildman–Crippen LogP) is 2.83. The van der Waals surface area contributed by atoms with Crippen molar-refractivity contribution in [2.24, 2.45) is 5.92 Å². The minimum absolute atomic E-state index is 0.00433. The molecule has 0 bridgehead atoms. The molecular weight excluding hydrogens is 456 g/mol. The fraction of sp³-hybridized carbons (Fsp3) is 0.478. The summed E-state index contributed by atoms with van der Waals surface area (Å²) in [6.07, 6.45) is 1.82. The molecule has 3 rings (SSSR count). The van der Waals surface area contributed by atoms with Crippen LogP contribution in [0.15, 0.2) is 27.8 Å². The summed E-state index contributed by atoms with van der Waals surface area (Å²) in [6.45, 7) is 6.91. The van der Waals surface area contributed by atoms with Gasteiger partial charge in [0, 0.05) is 38.1 Å². The first-order valence-corrected chi connectivity index (χ1v) is 11.5. The van der Waals surface area contributed by atoms with Gasteiger partial charge in [0.15, 0.2) is 11.2 Å². The Bertz CT molecular complexity index is 1350. The van der Waals surface area contributed by atoms with Gasteiger partial charge < -0.3 is 14.6 Å². The smallest absolute Gasteiger partial charge is 0.330 e. The van der Waals surface area contributed by atoms with Gasteiger partial charge in [-0.1, -0.05) is 27.2 Å². The number of aromatic amines is 1. The number of methoxy groups -OCH3 is 1. The average molecular weight is 487 g/mol. The number of hydrogen-bond donors (Lipinski definition) is 2. The average Bonchev–Trinajstić information content (AvgIpc) is 3.15. The van der Waals surface area contributed by atoms with Gasteiger partial charge >= 0.3 is 5.69 Å². The predicted molar refractivity (Wildman–Crippen MR) is 131 cm³/mol. The number of rotatable bonds is 11. The highest BCUT2D eigenvalue weighted by atomic mass is 16.6. The molecule has 0 unspecified atom stereocenters. The maximum Gasteiger partial charge on any atom is 0.330 e.